The molecule has 4 nitrogen and oxygen atoms in total. The van der Waals surface area contributed by atoms with Crippen LogP contribution in [0.4, 0.5) is 0 Å². The largest absolute Gasteiger partial charge is 0.286 e. The molecule has 4 aromatic carbocycles. The van der Waals surface area contributed by atoms with Gasteiger partial charge in [0.2, 0.25) is 0 Å². The van der Waals surface area contributed by atoms with E-state index in [1.165, 1.54) is 5.56 Å². The molecule has 2 aromatic heterocycles. The molecule has 6 aromatic rings. The highest BCUT2D eigenvalue weighted by Crippen LogP contribution is 2.41. The molecular weight excluding hydrogens is 424 g/mol. The summed E-state index contributed by atoms with van der Waals surface area (Å²) in [4.78, 5) is 15.0. The Hall–Kier alpha value is -3.96. The molecule has 0 spiro atoms. The van der Waals surface area contributed by atoms with Gasteiger partial charge in [0.15, 0.2) is 11.0 Å². The van der Waals surface area contributed by atoms with E-state index in [1.54, 1.807) is 11.8 Å². The SMILES string of the molecule is c1ccc(-c2nc(-c3cccc4c3-n3c(nc5ccccc53)SC4)nc3ccccc23)cc1. The van der Waals surface area contributed by atoms with Crippen LogP contribution in [0.25, 0.3) is 50.3 Å². The van der Waals surface area contributed by atoms with Crippen LogP contribution in [0, 0.1) is 0 Å². The van der Waals surface area contributed by atoms with E-state index >= 15 is 0 Å². The van der Waals surface area contributed by atoms with E-state index in [-0.39, 0.29) is 0 Å². The molecule has 1 aliphatic heterocycles. The lowest BCUT2D eigenvalue weighted by Crippen LogP contribution is -2.09. The Kier molecular flexibility index (Phi) is 4.11. The van der Waals surface area contributed by atoms with Gasteiger partial charge in [-0.2, -0.15) is 0 Å². The number of nitrogens with zero attached hydrogens (tertiary/aromatic N) is 4. The van der Waals surface area contributed by atoms with E-state index in [4.69, 9.17) is 15.0 Å². The molecule has 1 aliphatic rings. The normalized spacial score (nSPS) is 12.6. The number of rotatable bonds is 2. The maximum Gasteiger partial charge on any atom is 0.174 e. The minimum absolute atomic E-state index is 0.736. The Morgan fingerprint density at radius 3 is 2.36 bits per heavy atom. The molecule has 0 saturated heterocycles. The number of benzene rings is 4. The summed E-state index contributed by atoms with van der Waals surface area (Å²) in [5.74, 6) is 1.62. The van der Waals surface area contributed by atoms with E-state index in [0.29, 0.717) is 0 Å². The molecule has 156 valence electrons. The van der Waals surface area contributed by atoms with Gasteiger partial charge in [0.05, 0.1) is 27.9 Å². The Balaban J connectivity index is 1.54. The maximum absolute atomic E-state index is 5.14. The molecule has 7 rings (SSSR count). The van der Waals surface area contributed by atoms with Gasteiger partial charge in [-0.3, -0.25) is 4.57 Å². The summed E-state index contributed by atoms with van der Waals surface area (Å²) in [7, 11) is 0. The zero-order valence-electron chi connectivity index (χ0n) is 17.6. The van der Waals surface area contributed by atoms with Crippen molar-refractivity contribution >= 4 is 33.7 Å². The van der Waals surface area contributed by atoms with Crippen LogP contribution in [0.15, 0.2) is 102 Å². The van der Waals surface area contributed by atoms with Gasteiger partial charge in [0.25, 0.3) is 0 Å². The molecule has 0 unspecified atom stereocenters. The maximum atomic E-state index is 5.14. The summed E-state index contributed by atoms with van der Waals surface area (Å²) < 4.78 is 2.27. The first-order valence-electron chi connectivity index (χ1n) is 10.9. The van der Waals surface area contributed by atoms with E-state index in [1.807, 2.05) is 24.3 Å². The lowest BCUT2D eigenvalue weighted by molar-refractivity contribution is 0.894. The molecule has 0 bridgehead atoms. The summed E-state index contributed by atoms with van der Waals surface area (Å²) in [5.41, 5.74) is 8.53. The third-order valence-corrected chi connectivity index (χ3v) is 7.11. The van der Waals surface area contributed by atoms with Crippen LogP contribution in [-0.4, -0.2) is 19.5 Å². The number of para-hydroxylation sites is 4. The van der Waals surface area contributed by atoms with Crippen LogP contribution in [0.5, 0.6) is 0 Å². The van der Waals surface area contributed by atoms with Crippen LogP contribution in [0.2, 0.25) is 0 Å². The zero-order chi connectivity index (χ0) is 21.8. The Labute approximate surface area is 195 Å². The molecule has 3 heterocycles. The average molecular weight is 443 g/mol. The van der Waals surface area contributed by atoms with Crippen LogP contribution >= 0.6 is 11.8 Å². The number of fused-ring (bicyclic) bond motifs is 6. The molecule has 0 aliphatic carbocycles. The standard InChI is InChI=1S/C28H18N4S/c1-2-9-18(10-3-1)25-20-12-4-5-14-22(20)29-27(31-25)21-13-8-11-19-17-33-28-30-23-15-6-7-16-24(23)32(28)26(19)21/h1-16H,17H2. The van der Waals surface area contributed by atoms with Gasteiger partial charge in [-0.1, -0.05) is 84.6 Å². The van der Waals surface area contributed by atoms with Crippen molar-refractivity contribution in [3.63, 3.8) is 0 Å². The van der Waals surface area contributed by atoms with Gasteiger partial charge in [-0.15, -0.1) is 0 Å². The molecule has 0 saturated carbocycles. The van der Waals surface area contributed by atoms with E-state index < -0.39 is 0 Å². The van der Waals surface area contributed by atoms with Crippen LogP contribution < -0.4 is 0 Å². The van der Waals surface area contributed by atoms with Crippen molar-refractivity contribution in [2.45, 2.75) is 10.9 Å². The van der Waals surface area contributed by atoms with Gasteiger partial charge in [-0.25, -0.2) is 15.0 Å². The van der Waals surface area contributed by atoms with E-state index in [0.717, 1.165) is 61.2 Å². The zero-order valence-corrected chi connectivity index (χ0v) is 18.5. The topological polar surface area (TPSA) is 43.6 Å². The molecule has 0 fully saturated rings. The second-order valence-electron chi connectivity index (χ2n) is 8.10. The van der Waals surface area contributed by atoms with Gasteiger partial charge in [0, 0.05) is 22.3 Å². The number of thioether (sulfide) groups is 1. The smallest absolute Gasteiger partial charge is 0.174 e. The van der Waals surface area contributed by atoms with Crippen LogP contribution in [-0.2, 0) is 5.75 Å². The first-order valence-corrected chi connectivity index (χ1v) is 11.9. The van der Waals surface area contributed by atoms with Crippen molar-refractivity contribution in [2.75, 3.05) is 0 Å². The van der Waals surface area contributed by atoms with Crippen molar-refractivity contribution in [3.8, 4) is 28.3 Å². The third kappa shape index (κ3) is 2.90. The number of imidazole rings is 1. The number of hydrogen-bond donors (Lipinski definition) is 0. The fourth-order valence-corrected chi connectivity index (χ4v) is 5.62. The van der Waals surface area contributed by atoms with Gasteiger partial charge in [-0.05, 0) is 29.8 Å². The highest BCUT2D eigenvalue weighted by molar-refractivity contribution is 7.98. The Morgan fingerprint density at radius 1 is 0.667 bits per heavy atom. The molecule has 5 heteroatoms. The van der Waals surface area contributed by atoms with Gasteiger partial charge < -0.3 is 0 Å². The first kappa shape index (κ1) is 18.6. The number of aromatic nitrogens is 4. The van der Waals surface area contributed by atoms with Crippen molar-refractivity contribution in [1.29, 1.82) is 0 Å². The lowest BCUT2D eigenvalue weighted by Gasteiger charge is -2.22. The summed E-state index contributed by atoms with van der Waals surface area (Å²) in [6.07, 6.45) is 0. The fourth-order valence-electron chi connectivity index (χ4n) is 4.62. The van der Waals surface area contributed by atoms with Crippen LogP contribution in [0.3, 0.4) is 0 Å². The Bertz CT molecular complexity index is 1670. The molecule has 0 atom stereocenters. The second kappa shape index (κ2) is 7.29. The summed E-state index contributed by atoms with van der Waals surface area (Å²) in [6, 6.07) is 33.4. The number of hydrogen-bond acceptors (Lipinski definition) is 4. The van der Waals surface area contributed by atoms with Crippen LogP contribution in [0.1, 0.15) is 5.56 Å². The molecule has 33 heavy (non-hydrogen) atoms. The molecule has 0 amide bonds. The fraction of sp³-hybridized carbons (Fsp3) is 0.0357. The molecule has 0 radical (unpaired) electrons. The summed E-state index contributed by atoms with van der Waals surface area (Å²) >= 11 is 1.77. The molecular formula is C28H18N4S. The monoisotopic (exact) mass is 442 g/mol. The van der Waals surface area contributed by atoms with Gasteiger partial charge >= 0.3 is 0 Å². The average Bonchev–Trinajstić information content (AvgIpc) is 3.27. The van der Waals surface area contributed by atoms with Crippen molar-refractivity contribution in [1.82, 2.24) is 19.5 Å². The highest BCUT2D eigenvalue weighted by Gasteiger charge is 2.25. The summed E-state index contributed by atoms with van der Waals surface area (Å²) in [6.45, 7) is 0. The van der Waals surface area contributed by atoms with E-state index in [2.05, 4.69) is 77.4 Å². The molecule has 0 N–H and O–H groups in total. The minimum Gasteiger partial charge on any atom is -0.286 e. The van der Waals surface area contributed by atoms with Crippen molar-refractivity contribution in [3.05, 3.63) is 103 Å². The van der Waals surface area contributed by atoms with Crippen molar-refractivity contribution < 1.29 is 0 Å². The highest BCUT2D eigenvalue weighted by atomic mass is 32.2. The quantitative estimate of drug-likeness (QED) is 0.292. The third-order valence-electron chi connectivity index (χ3n) is 6.12. The second-order valence-corrected chi connectivity index (χ2v) is 9.04. The lowest BCUT2D eigenvalue weighted by atomic mass is 10.0. The predicted octanol–water partition coefficient (Wildman–Crippen LogP) is 6.91. The summed E-state index contributed by atoms with van der Waals surface area (Å²) in [5, 5.41) is 2.07. The predicted molar refractivity (Wildman–Crippen MR) is 135 cm³/mol. The Morgan fingerprint density at radius 2 is 1.45 bits per heavy atom. The van der Waals surface area contributed by atoms with Crippen molar-refractivity contribution in [2.24, 2.45) is 0 Å². The minimum atomic E-state index is 0.736. The first-order chi connectivity index (χ1) is 16.4. The van der Waals surface area contributed by atoms with Gasteiger partial charge in [0.1, 0.15) is 0 Å². The van der Waals surface area contributed by atoms with E-state index in [9.17, 15) is 0 Å².